The van der Waals surface area contributed by atoms with Crippen LogP contribution in [0.15, 0.2) is 42.5 Å². The van der Waals surface area contributed by atoms with E-state index < -0.39 is 11.9 Å². The lowest BCUT2D eigenvalue weighted by atomic mass is 10.0. The predicted octanol–water partition coefficient (Wildman–Crippen LogP) is 2.56. The molecular formula is C16H13FN4O2. The SMILES string of the molecule is NC(=O)Nc1[nH]c2cc(-c3ccc(F)cc3)ccc2c1C(N)=O. The van der Waals surface area contributed by atoms with E-state index in [-0.39, 0.29) is 17.2 Å². The number of H-pyrrole nitrogens is 1. The maximum Gasteiger partial charge on any atom is 0.317 e. The Morgan fingerprint density at radius 3 is 2.26 bits per heavy atom. The van der Waals surface area contributed by atoms with Gasteiger partial charge in [-0.15, -0.1) is 0 Å². The second-order valence-electron chi connectivity index (χ2n) is 5.00. The number of rotatable bonds is 3. The Bertz CT molecular complexity index is 916. The van der Waals surface area contributed by atoms with E-state index in [2.05, 4.69) is 10.3 Å². The van der Waals surface area contributed by atoms with Crippen LogP contribution in [-0.2, 0) is 0 Å². The first-order valence-electron chi connectivity index (χ1n) is 6.73. The highest BCUT2D eigenvalue weighted by Crippen LogP contribution is 2.30. The molecule has 0 aliphatic rings. The van der Waals surface area contributed by atoms with E-state index in [9.17, 15) is 14.0 Å². The van der Waals surface area contributed by atoms with Gasteiger partial charge in [0.1, 0.15) is 11.6 Å². The van der Waals surface area contributed by atoms with E-state index in [1.54, 1.807) is 30.3 Å². The molecule has 116 valence electrons. The second kappa shape index (κ2) is 5.45. The molecular weight excluding hydrogens is 299 g/mol. The number of anilines is 1. The third kappa shape index (κ3) is 2.71. The normalized spacial score (nSPS) is 10.7. The van der Waals surface area contributed by atoms with Crippen molar-refractivity contribution in [1.82, 2.24) is 4.98 Å². The van der Waals surface area contributed by atoms with Crippen LogP contribution in [0.1, 0.15) is 10.4 Å². The summed E-state index contributed by atoms with van der Waals surface area (Å²) in [6.45, 7) is 0. The van der Waals surface area contributed by atoms with Crippen molar-refractivity contribution in [1.29, 1.82) is 0 Å². The summed E-state index contributed by atoms with van der Waals surface area (Å²) in [4.78, 5) is 25.6. The first-order chi connectivity index (χ1) is 11.0. The van der Waals surface area contributed by atoms with Crippen LogP contribution in [0.25, 0.3) is 22.0 Å². The Hall–Kier alpha value is -3.35. The molecule has 1 aromatic heterocycles. The van der Waals surface area contributed by atoms with Crippen LogP contribution in [0.3, 0.4) is 0 Å². The summed E-state index contributed by atoms with van der Waals surface area (Å²) in [5, 5.41) is 2.91. The molecule has 0 fully saturated rings. The number of aromatic nitrogens is 1. The monoisotopic (exact) mass is 312 g/mol. The third-order valence-electron chi connectivity index (χ3n) is 3.47. The van der Waals surface area contributed by atoms with Crippen molar-refractivity contribution >= 4 is 28.7 Å². The Kier molecular flexibility index (Phi) is 3.46. The lowest BCUT2D eigenvalue weighted by Gasteiger charge is -2.02. The Labute approximate surface area is 130 Å². The number of carbonyl (C=O) groups is 2. The molecule has 0 saturated carbocycles. The number of hydrogen-bond acceptors (Lipinski definition) is 2. The van der Waals surface area contributed by atoms with Gasteiger partial charge in [0.25, 0.3) is 5.91 Å². The van der Waals surface area contributed by atoms with Crippen molar-refractivity contribution in [3.05, 3.63) is 53.8 Å². The van der Waals surface area contributed by atoms with Crippen molar-refractivity contribution < 1.29 is 14.0 Å². The second-order valence-corrected chi connectivity index (χ2v) is 5.00. The molecule has 1 heterocycles. The first-order valence-corrected chi connectivity index (χ1v) is 6.73. The molecule has 0 unspecified atom stereocenters. The molecule has 0 atom stereocenters. The van der Waals surface area contributed by atoms with Gasteiger partial charge in [-0.1, -0.05) is 24.3 Å². The van der Waals surface area contributed by atoms with Gasteiger partial charge in [0.15, 0.2) is 0 Å². The molecule has 0 radical (unpaired) electrons. The summed E-state index contributed by atoms with van der Waals surface area (Å²) in [7, 11) is 0. The number of urea groups is 1. The zero-order chi connectivity index (χ0) is 16.6. The minimum Gasteiger partial charge on any atom is -0.365 e. The van der Waals surface area contributed by atoms with Crippen LogP contribution < -0.4 is 16.8 Å². The zero-order valence-electron chi connectivity index (χ0n) is 11.9. The highest BCUT2D eigenvalue weighted by Gasteiger charge is 2.17. The molecule has 0 aliphatic heterocycles. The fourth-order valence-electron chi connectivity index (χ4n) is 2.49. The fraction of sp³-hybridized carbons (Fsp3) is 0. The Morgan fingerprint density at radius 2 is 1.65 bits per heavy atom. The van der Waals surface area contributed by atoms with Crippen LogP contribution in [0.4, 0.5) is 15.0 Å². The summed E-state index contributed by atoms with van der Waals surface area (Å²) in [5.74, 6) is -0.857. The lowest BCUT2D eigenvalue weighted by molar-refractivity contribution is 0.100. The molecule has 0 aliphatic carbocycles. The fourth-order valence-corrected chi connectivity index (χ4v) is 2.49. The molecule has 3 rings (SSSR count). The number of carbonyl (C=O) groups excluding carboxylic acids is 2. The van der Waals surface area contributed by atoms with Gasteiger partial charge in [0.2, 0.25) is 0 Å². The smallest absolute Gasteiger partial charge is 0.317 e. The Morgan fingerprint density at radius 1 is 1.00 bits per heavy atom. The van der Waals surface area contributed by atoms with E-state index >= 15 is 0 Å². The molecule has 6 nitrogen and oxygen atoms in total. The van der Waals surface area contributed by atoms with E-state index in [0.29, 0.717) is 10.9 Å². The summed E-state index contributed by atoms with van der Waals surface area (Å²) in [6.07, 6.45) is 0. The number of halogens is 1. The standard InChI is InChI=1S/C16H13FN4O2/c17-10-4-1-8(2-5-10)9-3-6-11-12(7-9)20-15(21-16(19)23)13(11)14(18)22/h1-7,20H,(H2,18,22)(H3,19,21,23). The van der Waals surface area contributed by atoms with Gasteiger partial charge >= 0.3 is 6.03 Å². The van der Waals surface area contributed by atoms with Gasteiger partial charge in [-0.05, 0) is 29.3 Å². The molecule has 3 aromatic rings. The largest absolute Gasteiger partial charge is 0.365 e. The van der Waals surface area contributed by atoms with Crippen LogP contribution in [-0.4, -0.2) is 16.9 Å². The first kappa shape index (κ1) is 14.6. The molecule has 0 bridgehead atoms. The van der Waals surface area contributed by atoms with Crippen LogP contribution in [0.2, 0.25) is 0 Å². The average molecular weight is 312 g/mol. The summed E-state index contributed by atoms with van der Waals surface area (Å²) < 4.78 is 13.0. The topological polar surface area (TPSA) is 114 Å². The average Bonchev–Trinajstić information content (AvgIpc) is 2.84. The van der Waals surface area contributed by atoms with E-state index in [0.717, 1.165) is 11.1 Å². The highest BCUT2D eigenvalue weighted by atomic mass is 19.1. The molecule has 23 heavy (non-hydrogen) atoms. The predicted molar refractivity (Wildman–Crippen MR) is 85.4 cm³/mol. The molecule has 3 amide bonds. The maximum atomic E-state index is 13.0. The van der Waals surface area contributed by atoms with Crippen LogP contribution in [0.5, 0.6) is 0 Å². The minimum atomic E-state index is -0.808. The van der Waals surface area contributed by atoms with Gasteiger partial charge in [-0.25, -0.2) is 9.18 Å². The van der Waals surface area contributed by atoms with Crippen LogP contribution >= 0.6 is 0 Å². The molecule has 2 aromatic carbocycles. The highest BCUT2D eigenvalue weighted by molar-refractivity contribution is 6.13. The molecule has 0 spiro atoms. The molecule has 7 heteroatoms. The maximum absolute atomic E-state index is 13.0. The van der Waals surface area contributed by atoms with Crippen molar-refractivity contribution in [3.8, 4) is 11.1 Å². The Balaban J connectivity index is 2.15. The quantitative estimate of drug-likeness (QED) is 0.595. The van der Waals surface area contributed by atoms with Gasteiger partial charge in [-0.3, -0.25) is 10.1 Å². The number of amides is 3. The lowest BCUT2D eigenvalue weighted by Crippen LogP contribution is -2.22. The minimum absolute atomic E-state index is 0.149. The van der Waals surface area contributed by atoms with Crippen molar-refractivity contribution in [2.45, 2.75) is 0 Å². The van der Waals surface area contributed by atoms with Crippen molar-refractivity contribution in [2.24, 2.45) is 11.5 Å². The number of benzene rings is 2. The van der Waals surface area contributed by atoms with Gasteiger partial charge in [-0.2, -0.15) is 0 Å². The number of hydrogen-bond donors (Lipinski definition) is 4. The van der Waals surface area contributed by atoms with Crippen molar-refractivity contribution in [3.63, 3.8) is 0 Å². The summed E-state index contributed by atoms with van der Waals surface area (Å²) in [6, 6.07) is 10.5. The number of primary amides is 2. The number of aromatic amines is 1. The van der Waals surface area contributed by atoms with E-state index in [1.165, 1.54) is 12.1 Å². The number of nitrogens with two attached hydrogens (primary N) is 2. The van der Waals surface area contributed by atoms with Gasteiger partial charge in [0, 0.05) is 10.9 Å². The third-order valence-corrected chi connectivity index (χ3v) is 3.47. The van der Waals surface area contributed by atoms with Gasteiger partial charge in [0.05, 0.1) is 5.56 Å². The summed E-state index contributed by atoms with van der Waals surface area (Å²) in [5.41, 5.74) is 12.9. The van der Waals surface area contributed by atoms with Gasteiger partial charge < -0.3 is 16.5 Å². The number of fused-ring (bicyclic) bond motifs is 1. The molecule has 6 N–H and O–H groups in total. The van der Waals surface area contributed by atoms with Crippen LogP contribution in [0, 0.1) is 5.82 Å². The summed E-state index contributed by atoms with van der Waals surface area (Å²) >= 11 is 0. The van der Waals surface area contributed by atoms with E-state index in [1.807, 2.05) is 0 Å². The zero-order valence-corrected chi connectivity index (χ0v) is 11.9. The molecule has 0 saturated heterocycles. The van der Waals surface area contributed by atoms with E-state index in [4.69, 9.17) is 11.5 Å². The number of nitrogens with one attached hydrogen (secondary N) is 2. The van der Waals surface area contributed by atoms with Crippen molar-refractivity contribution in [2.75, 3.05) is 5.32 Å².